The monoisotopic (exact) mass is 316 g/mol. The minimum absolute atomic E-state index is 0.00148. The number of aromatic nitrogens is 4. The lowest BCUT2D eigenvalue weighted by Crippen LogP contribution is -2.12. The highest BCUT2D eigenvalue weighted by Crippen LogP contribution is 2.24. The van der Waals surface area contributed by atoms with E-state index in [0.717, 1.165) is 0 Å². The van der Waals surface area contributed by atoms with Crippen molar-refractivity contribution in [2.24, 2.45) is 0 Å². The number of aryl methyl sites for hydroxylation is 2. The summed E-state index contributed by atoms with van der Waals surface area (Å²) in [5.41, 5.74) is 6.40. The molecule has 0 bridgehead atoms. The fourth-order valence-electron chi connectivity index (χ4n) is 2.11. The molecule has 0 aliphatic carbocycles. The first kappa shape index (κ1) is 14.7. The second kappa shape index (κ2) is 5.52. The molecule has 0 atom stereocenters. The number of amides is 1. The van der Waals surface area contributed by atoms with Crippen molar-refractivity contribution in [2.75, 3.05) is 11.1 Å². The van der Waals surface area contributed by atoms with Crippen LogP contribution >= 0.6 is 0 Å². The van der Waals surface area contributed by atoms with Gasteiger partial charge in [-0.3, -0.25) is 9.89 Å². The fraction of sp³-hybridized carbons (Fsp3) is 0.143. The van der Waals surface area contributed by atoms with Crippen LogP contribution in [0.15, 0.2) is 22.6 Å². The summed E-state index contributed by atoms with van der Waals surface area (Å²) in [5, 5.41) is 8.79. The van der Waals surface area contributed by atoms with E-state index in [1.165, 1.54) is 18.2 Å². The number of nitrogens with two attached hydrogens (primary N) is 1. The topological polar surface area (TPSA) is 123 Å². The predicted molar refractivity (Wildman–Crippen MR) is 80.1 cm³/mol. The molecule has 0 saturated carbocycles. The van der Waals surface area contributed by atoms with E-state index in [1.54, 1.807) is 13.8 Å². The maximum absolute atomic E-state index is 13.9. The number of nitrogens with zero attached hydrogens (tertiary/aromatic N) is 3. The van der Waals surface area contributed by atoms with Crippen molar-refractivity contribution >= 4 is 17.5 Å². The van der Waals surface area contributed by atoms with Gasteiger partial charge >= 0.3 is 0 Å². The van der Waals surface area contributed by atoms with E-state index in [9.17, 15) is 9.18 Å². The molecule has 0 saturated heterocycles. The van der Waals surface area contributed by atoms with Crippen molar-refractivity contribution in [2.45, 2.75) is 13.8 Å². The molecule has 1 amide bonds. The summed E-state index contributed by atoms with van der Waals surface area (Å²) in [6, 6.07) is 4.06. The van der Waals surface area contributed by atoms with E-state index in [0.29, 0.717) is 17.3 Å². The lowest BCUT2D eigenvalue weighted by Gasteiger charge is -2.06. The van der Waals surface area contributed by atoms with Crippen LogP contribution in [-0.2, 0) is 0 Å². The largest absolute Gasteiger partial charge is 0.436 e. The number of hydrogen-bond donors (Lipinski definition) is 3. The van der Waals surface area contributed by atoms with E-state index >= 15 is 0 Å². The summed E-state index contributed by atoms with van der Waals surface area (Å²) < 4.78 is 19.2. The third-order valence-electron chi connectivity index (χ3n) is 3.09. The predicted octanol–water partition coefficient (Wildman–Crippen LogP) is 2.05. The molecule has 118 valence electrons. The van der Waals surface area contributed by atoms with Crippen LogP contribution in [-0.4, -0.2) is 26.1 Å². The van der Waals surface area contributed by atoms with Crippen LogP contribution in [0.25, 0.3) is 11.4 Å². The lowest BCUT2D eigenvalue weighted by atomic mass is 10.1. The van der Waals surface area contributed by atoms with Crippen molar-refractivity contribution in [1.82, 2.24) is 20.2 Å². The second-order valence-electron chi connectivity index (χ2n) is 4.84. The van der Waals surface area contributed by atoms with Crippen molar-refractivity contribution in [3.05, 3.63) is 41.4 Å². The Morgan fingerprint density at radius 3 is 2.74 bits per heavy atom. The quantitative estimate of drug-likeness (QED) is 0.679. The highest BCUT2D eigenvalue weighted by atomic mass is 19.1. The van der Waals surface area contributed by atoms with E-state index in [-0.39, 0.29) is 23.1 Å². The summed E-state index contributed by atoms with van der Waals surface area (Å²) in [6.45, 7) is 3.31. The molecule has 0 aliphatic rings. The molecular weight excluding hydrogens is 303 g/mol. The van der Waals surface area contributed by atoms with E-state index in [2.05, 4.69) is 25.5 Å². The van der Waals surface area contributed by atoms with Gasteiger partial charge in [0.1, 0.15) is 5.82 Å². The molecule has 0 spiro atoms. The van der Waals surface area contributed by atoms with Gasteiger partial charge in [0, 0.05) is 12.6 Å². The first-order chi connectivity index (χ1) is 10.9. The zero-order valence-corrected chi connectivity index (χ0v) is 12.3. The maximum Gasteiger partial charge on any atom is 0.293 e. The van der Waals surface area contributed by atoms with Crippen LogP contribution in [0.2, 0.25) is 0 Å². The smallest absolute Gasteiger partial charge is 0.293 e. The Morgan fingerprint density at radius 1 is 1.35 bits per heavy atom. The standard InChI is InChI=1S/C14H13FN6O2/c1-6-11(23-7(2)17-6)13(22)18-8-3-4-10(15)9(5-8)12-19-14(16)21-20-12/h3-5H,1-2H3,(H,18,22)(H3,16,19,20,21). The normalized spacial score (nSPS) is 10.7. The van der Waals surface area contributed by atoms with E-state index in [4.69, 9.17) is 10.2 Å². The molecule has 0 fully saturated rings. The van der Waals surface area contributed by atoms with Crippen molar-refractivity contribution < 1.29 is 13.6 Å². The highest BCUT2D eigenvalue weighted by Gasteiger charge is 2.17. The van der Waals surface area contributed by atoms with Crippen molar-refractivity contribution in [3.63, 3.8) is 0 Å². The summed E-state index contributed by atoms with van der Waals surface area (Å²) in [4.78, 5) is 20.1. The maximum atomic E-state index is 13.9. The van der Waals surface area contributed by atoms with Gasteiger partial charge in [-0.25, -0.2) is 9.37 Å². The van der Waals surface area contributed by atoms with Gasteiger partial charge in [-0.05, 0) is 25.1 Å². The Hall–Kier alpha value is -3.23. The number of nitrogens with one attached hydrogen (secondary N) is 2. The second-order valence-corrected chi connectivity index (χ2v) is 4.84. The molecule has 0 unspecified atom stereocenters. The Labute approximate surface area is 129 Å². The molecule has 23 heavy (non-hydrogen) atoms. The molecule has 8 nitrogen and oxygen atoms in total. The minimum atomic E-state index is -0.522. The number of carbonyl (C=O) groups is 1. The van der Waals surface area contributed by atoms with Crippen molar-refractivity contribution in [3.8, 4) is 11.4 Å². The molecule has 0 aliphatic heterocycles. The third-order valence-corrected chi connectivity index (χ3v) is 3.09. The number of anilines is 2. The molecular formula is C14H13FN6O2. The van der Waals surface area contributed by atoms with Crippen LogP contribution in [0.5, 0.6) is 0 Å². The van der Waals surface area contributed by atoms with Crippen molar-refractivity contribution in [1.29, 1.82) is 0 Å². The van der Waals surface area contributed by atoms with Gasteiger partial charge in [-0.1, -0.05) is 0 Å². The number of halogens is 1. The summed E-state index contributed by atoms with van der Waals surface area (Å²) >= 11 is 0. The molecule has 3 rings (SSSR count). The minimum Gasteiger partial charge on any atom is -0.436 e. The Kier molecular flexibility index (Phi) is 3.53. The lowest BCUT2D eigenvalue weighted by molar-refractivity contribution is 0.0994. The number of H-pyrrole nitrogens is 1. The number of rotatable bonds is 3. The van der Waals surface area contributed by atoms with Crippen LogP contribution in [0.3, 0.4) is 0 Å². The van der Waals surface area contributed by atoms with Crippen LogP contribution < -0.4 is 11.1 Å². The van der Waals surface area contributed by atoms with Crippen LogP contribution in [0.1, 0.15) is 22.1 Å². The number of benzene rings is 1. The first-order valence-electron chi connectivity index (χ1n) is 6.67. The SMILES string of the molecule is Cc1nc(C)c(C(=O)Nc2ccc(F)c(-c3nc(N)n[nH]3)c2)o1. The molecule has 0 radical (unpaired) electrons. The molecule has 2 heterocycles. The van der Waals surface area contributed by atoms with E-state index < -0.39 is 11.7 Å². The van der Waals surface area contributed by atoms with Gasteiger partial charge in [0.15, 0.2) is 11.7 Å². The Balaban J connectivity index is 1.89. The molecule has 2 aromatic heterocycles. The highest BCUT2D eigenvalue weighted by molar-refractivity contribution is 6.03. The van der Waals surface area contributed by atoms with Crippen LogP contribution in [0.4, 0.5) is 16.0 Å². The number of nitrogen functional groups attached to an aromatic ring is 1. The summed E-state index contributed by atoms with van der Waals surface area (Å²) in [5.74, 6) is -0.324. The Bertz CT molecular complexity index is 885. The third kappa shape index (κ3) is 2.89. The average Bonchev–Trinajstić information content (AvgIpc) is 3.06. The number of hydrogen-bond acceptors (Lipinski definition) is 6. The number of carbonyl (C=O) groups excluding carboxylic acids is 1. The number of aromatic amines is 1. The molecule has 9 heteroatoms. The fourth-order valence-corrected chi connectivity index (χ4v) is 2.11. The zero-order chi connectivity index (χ0) is 16.6. The zero-order valence-electron chi connectivity index (χ0n) is 12.3. The van der Waals surface area contributed by atoms with Gasteiger partial charge in [0.25, 0.3) is 5.91 Å². The van der Waals surface area contributed by atoms with Gasteiger partial charge < -0.3 is 15.5 Å². The van der Waals surface area contributed by atoms with Gasteiger partial charge in [0.2, 0.25) is 11.7 Å². The molecule has 3 aromatic rings. The van der Waals surface area contributed by atoms with Gasteiger partial charge in [0.05, 0.1) is 11.3 Å². The van der Waals surface area contributed by atoms with Gasteiger partial charge in [-0.15, -0.1) is 5.10 Å². The van der Waals surface area contributed by atoms with Gasteiger partial charge in [-0.2, -0.15) is 4.98 Å². The summed E-state index contributed by atoms with van der Waals surface area (Å²) in [6.07, 6.45) is 0. The number of oxazole rings is 1. The Morgan fingerprint density at radius 2 is 2.13 bits per heavy atom. The molecule has 1 aromatic carbocycles. The summed E-state index contributed by atoms with van der Waals surface area (Å²) in [7, 11) is 0. The van der Waals surface area contributed by atoms with Crippen LogP contribution in [0, 0.1) is 19.7 Å². The average molecular weight is 316 g/mol. The van der Waals surface area contributed by atoms with E-state index in [1.807, 2.05) is 0 Å². The first-order valence-corrected chi connectivity index (χ1v) is 6.67. The molecule has 4 N–H and O–H groups in total.